The number of allylic oxidation sites excluding steroid dienone is 1. The topological polar surface area (TPSA) is 20.2 Å². The van der Waals surface area contributed by atoms with Crippen LogP contribution in [0.15, 0.2) is 11.6 Å². The van der Waals surface area contributed by atoms with Gasteiger partial charge in [-0.05, 0) is 32.1 Å². The summed E-state index contributed by atoms with van der Waals surface area (Å²) < 4.78 is 0. The van der Waals surface area contributed by atoms with E-state index in [9.17, 15) is 0 Å². The fourth-order valence-corrected chi connectivity index (χ4v) is 2.31. The molecule has 108 valence electrons. The van der Waals surface area contributed by atoms with E-state index < -0.39 is 0 Å². The van der Waals surface area contributed by atoms with E-state index in [1.165, 1.54) is 76.2 Å². The van der Waals surface area contributed by atoms with Gasteiger partial charge in [-0.15, -0.1) is 0 Å². The molecule has 0 bridgehead atoms. The molecule has 0 spiro atoms. The third kappa shape index (κ3) is 12.2. The Kier molecular flexibility index (Phi) is 14.5. The Bertz CT molecular complexity index is 184. The summed E-state index contributed by atoms with van der Waals surface area (Å²) in [4.78, 5) is 0. The van der Waals surface area contributed by atoms with Crippen LogP contribution in [0.2, 0.25) is 0 Å². The Hall–Kier alpha value is -0.300. The number of hydrogen-bond donors (Lipinski definition) is 1. The first-order chi connectivity index (χ1) is 8.85. The van der Waals surface area contributed by atoms with Crippen LogP contribution in [0.4, 0.5) is 0 Å². The lowest BCUT2D eigenvalue weighted by Crippen LogP contribution is -1.91. The van der Waals surface area contributed by atoms with Crippen LogP contribution in [0.25, 0.3) is 0 Å². The second-order valence-corrected chi connectivity index (χ2v) is 5.35. The summed E-state index contributed by atoms with van der Waals surface area (Å²) in [5.41, 5.74) is 1.49. The van der Waals surface area contributed by atoms with E-state index in [0.717, 1.165) is 6.42 Å². The molecule has 0 saturated carbocycles. The van der Waals surface area contributed by atoms with Gasteiger partial charge >= 0.3 is 0 Å². The Morgan fingerprint density at radius 2 is 1.39 bits per heavy atom. The Morgan fingerprint density at radius 1 is 0.778 bits per heavy atom. The standard InChI is InChI=1S/C17H34O/c1-3-5-7-9-10-12-14-17(15-16-18)13-11-8-6-4-2/h13,18H,3-12,14-16H2,1-2H3. The molecular weight excluding hydrogens is 220 g/mol. The lowest BCUT2D eigenvalue weighted by atomic mass is 10.0. The van der Waals surface area contributed by atoms with Crippen LogP contribution < -0.4 is 0 Å². The van der Waals surface area contributed by atoms with E-state index in [1.807, 2.05) is 0 Å². The van der Waals surface area contributed by atoms with Crippen molar-refractivity contribution in [2.24, 2.45) is 0 Å². The second kappa shape index (κ2) is 14.8. The van der Waals surface area contributed by atoms with Crippen molar-refractivity contribution in [3.63, 3.8) is 0 Å². The van der Waals surface area contributed by atoms with Crippen LogP contribution in [-0.2, 0) is 0 Å². The largest absolute Gasteiger partial charge is 0.396 e. The maximum Gasteiger partial charge on any atom is 0.0468 e. The highest BCUT2D eigenvalue weighted by Crippen LogP contribution is 2.16. The zero-order chi connectivity index (χ0) is 13.5. The van der Waals surface area contributed by atoms with E-state index in [1.54, 1.807) is 0 Å². The van der Waals surface area contributed by atoms with E-state index in [0.29, 0.717) is 6.61 Å². The zero-order valence-corrected chi connectivity index (χ0v) is 12.7. The molecule has 0 radical (unpaired) electrons. The summed E-state index contributed by atoms with van der Waals surface area (Å²) in [6.45, 7) is 4.82. The summed E-state index contributed by atoms with van der Waals surface area (Å²) in [6.07, 6.45) is 17.8. The van der Waals surface area contributed by atoms with Crippen LogP contribution in [0, 0.1) is 0 Å². The molecule has 0 amide bonds. The molecule has 18 heavy (non-hydrogen) atoms. The molecular formula is C17H34O. The summed E-state index contributed by atoms with van der Waals surface area (Å²) in [5.74, 6) is 0. The number of aliphatic hydroxyl groups is 1. The fourth-order valence-electron chi connectivity index (χ4n) is 2.31. The Morgan fingerprint density at radius 3 is 2.06 bits per heavy atom. The van der Waals surface area contributed by atoms with Crippen molar-refractivity contribution in [3.05, 3.63) is 11.6 Å². The van der Waals surface area contributed by atoms with E-state index in [-0.39, 0.29) is 0 Å². The molecule has 0 atom stereocenters. The summed E-state index contributed by atoms with van der Waals surface area (Å²) in [7, 11) is 0. The van der Waals surface area contributed by atoms with Gasteiger partial charge in [0.05, 0.1) is 0 Å². The average molecular weight is 254 g/mol. The molecule has 0 heterocycles. The number of unbranched alkanes of at least 4 members (excludes halogenated alkanes) is 8. The highest BCUT2D eigenvalue weighted by molar-refractivity contribution is 5.01. The van der Waals surface area contributed by atoms with Gasteiger partial charge in [-0.25, -0.2) is 0 Å². The van der Waals surface area contributed by atoms with E-state index in [2.05, 4.69) is 19.9 Å². The quantitative estimate of drug-likeness (QED) is 0.334. The third-order valence-corrected chi connectivity index (χ3v) is 3.53. The Balaban J connectivity index is 3.61. The van der Waals surface area contributed by atoms with Crippen LogP contribution >= 0.6 is 0 Å². The number of aliphatic hydroxyl groups excluding tert-OH is 1. The van der Waals surface area contributed by atoms with Gasteiger partial charge in [-0.1, -0.05) is 70.4 Å². The molecule has 0 aromatic carbocycles. The van der Waals surface area contributed by atoms with Gasteiger partial charge in [0.15, 0.2) is 0 Å². The minimum Gasteiger partial charge on any atom is -0.396 e. The van der Waals surface area contributed by atoms with E-state index >= 15 is 0 Å². The second-order valence-electron chi connectivity index (χ2n) is 5.35. The highest BCUT2D eigenvalue weighted by Gasteiger charge is 1.98. The molecule has 1 heteroatoms. The highest BCUT2D eigenvalue weighted by atomic mass is 16.2. The number of rotatable bonds is 13. The van der Waals surface area contributed by atoms with Crippen molar-refractivity contribution in [3.8, 4) is 0 Å². The fraction of sp³-hybridized carbons (Fsp3) is 0.882. The molecule has 1 N–H and O–H groups in total. The molecule has 1 nitrogen and oxygen atoms in total. The molecule has 0 saturated heterocycles. The monoisotopic (exact) mass is 254 g/mol. The lowest BCUT2D eigenvalue weighted by molar-refractivity contribution is 0.297. The third-order valence-electron chi connectivity index (χ3n) is 3.53. The molecule has 0 unspecified atom stereocenters. The molecule has 0 aliphatic rings. The van der Waals surface area contributed by atoms with Crippen LogP contribution in [0.1, 0.15) is 90.9 Å². The molecule has 0 fully saturated rings. The molecule has 0 aromatic rings. The first-order valence-corrected chi connectivity index (χ1v) is 8.13. The minimum atomic E-state index is 0.315. The summed E-state index contributed by atoms with van der Waals surface area (Å²) in [6, 6.07) is 0. The maximum atomic E-state index is 9.07. The lowest BCUT2D eigenvalue weighted by Gasteiger charge is -2.06. The van der Waals surface area contributed by atoms with E-state index in [4.69, 9.17) is 5.11 Å². The maximum absolute atomic E-state index is 9.07. The van der Waals surface area contributed by atoms with Crippen molar-refractivity contribution in [1.82, 2.24) is 0 Å². The zero-order valence-electron chi connectivity index (χ0n) is 12.7. The SMILES string of the molecule is CCCCCC=C(CCO)CCCCCCCC. The van der Waals surface area contributed by atoms with Crippen molar-refractivity contribution in [2.45, 2.75) is 90.9 Å². The van der Waals surface area contributed by atoms with Crippen molar-refractivity contribution in [1.29, 1.82) is 0 Å². The van der Waals surface area contributed by atoms with Gasteiger partial charge in [0, 0.05) is 6.61 Å². The smallest absolute Gasteiger partial charge is 0.0468 e. The normalized spacial score (nSPS) is 12.1. The van der Waals surface area contributed by atoms with Gasteiger partial charge in [0.2, 0.25) is 0 Å². The van der Waals surface area contributed by atoms with Gasteiger partial charge in [0.1, 0.15) is 0 Å². The van der Waals surface area contributed by atoms with Gasteiger partial charge in [-0.3, -0.25) is 0 Å². The van der Waals surface area contributed by atoms with Crippen LogP contribution in [-0.4, -0.2) is 11.7 Å². The van der Waals surface area contributed by atoms with Gasteiger partial charge in [0.25, 0.3) is 0 Å². The van der Waals surface area contributed by atoms with Crippen molar-refractivity contribution < 1.29 is 5.11 Å². The molecule has 0 aliphatic carbocycles. The predicted octanol–water partition coefficient (Wildman–Crippen LogP) is 5.63. The first-order valence-electron chi connectivity index (χ1n) is 8.13. The number of hydrogen-bond acceptors (Lipinski definition) is 1. The summed E-state index contributed by atoms with van der Waals surface area (Å²) >= 11 is 0. The van der Waals surface area contributed by atoms with Gasteiger partial charge < -0.3 is 5.11 Å². The van der Waals surface area contributed by atoms with Crippen molar-refractivity contribution in [2.75, 3.05) is 6.61 Å². The predicted molar refractivity (Wildman–Crippen MR) is 81.9 cm³/mol. The first kappa shape index (κ1) is 17.7. The minimum absolute atomic E-state index is 0.315. The summed E-state index contributed by atoms with van der Waals surface area (Å²) in [5, 5.41) is 9.07. The average Bonchev–Trinajstić information content (AvgIpc) is 2.38. The van der Waals surface area contributed by atoms with Crippen molar-refractivity contribution >= 4 is 0 Å². The van der Waals surface area contributed by atoms with Gasteiger partial charge in [-0.2, -0.15) is 0 Å². The van der Waals surface area contributed by atoms with Crippen LogP contribution in [0.5, 0.6) is 0 Å². The molecule has 0 rings (SSSR count). The molecule has 0 aromatic heterocycles. The molecule has 0 aliphatic heterocycles. The van der Waals surface area contributed by atoms with Crippen LogP contribution in [0.3, 0.4) is 0 Å². The Labute approximate surface area is 115 Å².